The van der Waals surface area contributed by atoms with E-state index in [9.17, 15) is 0 Å². The van der Waals surface area contributed by atoms with E-state index in [-0.39, 0.29) is 0 Å². The van der Waals surface area contributed by atoms with Crippen LogP contribution < -0.4 is 16.4 Å². The van der Waals surface area contributed by atoms with Crippen molar-refractivity contribution in [1.29, 1.82) is 0 Å². The van der Waals surface area contributed by atoms with E-state index in [4.69, 9.17) is 5.73 Å². The minimum Gasteiger partial charge on any atom is -0.326 e. The van der Waals surface area contributed by atoms with Gasteiger partial charge in [-0.1, -0.05) is 0 Å². The van der Waals surface area contributed by atoms with Crippen LogP contribution in [0.2, 0.25) is 0 Å². The molecule has 4 unspecified atom stereocenters. The fourth-order valence-electron chi connectivity index (χ4n) is 2.70. The van der Waals surface area contributed by atoms with E-state index in [2.05, 4.69) is 29.5 Å². The smallest absolute Gasteiger partial charge is 0.0569 e. The molecule has 82 valence electrons. The highest BCUT2D eigenvalue weighted by Gasteiger charge is 2.36. The van der Waals surface area contributed by atoms with Crippen LogP contribution in [-0.4, -0.2) is 49.8 Å². The highest BCUT2D eigenvalue weighted by Crippen LogP contribution is 2.23. The average molecular weight is 198 g/mol. The monoisotopic (exact) mass is 198 g/mol. The summed E-state index contributed by atoms with van der Waals surface area (Å²) >= 11 is 0. The Bertz CT molecular complexity index is 195. The standard InChI is InChI=1S/C10H22N4/c1-7-13-6-10(14(7)2)8-3-4-12-5-9(8)11/h7-10,12-13H,3-6,11H2,1-2H3. The third-order valence-electron chi connectivity index (χ3n) is 3.84. The minimum atomic E-state index is 0.322. The topological polar surface area (TPSA) is 53.3 Å². The number of hydrogen-bond acceptors (Lipinski definition) is 4. The van der Waals surface area contributed by atoms with E-state index < -0.39 is 0 Å². The first-order valence-corrected chi connectivity index (χ1v) is 5.62. The summed E-state index contributed by atoms with van der Waals surface area (Å²) in [6, 6.07) is 0.949. The number of nitrogens with two attached hydrogens (primary N) is 1. The lowest BCUT2D eigenvalue weighted by Crippen LogP contribution is -2.53. The molecule has 14 heavy (non-hydrogen) atoms. The number of likely N-dealkylation sites (N-methyl/N-ethyl adjacent to an activating group) is 1. The van der Waals surface area contributed by atoms with Crippen LogP contribution in [0.15, 0.2) is 0 Å². The molecule has 0 bridgehead atoms. The summed E-state index contributed by atoms with van der Waals surface area (Å²) in [5.74, 6) is 0.652. The highest BCUT2D eigenvalue weighted by atomic mass is 15.3. The Morgan fingerprint density at radius 1 is 1.36 bits per heavy atom. The predicted molar refractivity (Wildman–Crippen MR) is 58.0 cm³/mol. The SMILES string of the molecule is CC1NCC(C2CCNCC2N)N1C. The molecule has 2 aliphatic rings. The van der Waals surface area contributed by atoms with Gasteiger partial charge in [-0.15, -0.1) is 0 Å². The second-order valence-corrected chi connectivity index (χ2v) is 4.64. The van der Waals surface area contributed by atoms with Gasteiger partial charge in [-0.2, -0.15) is 0 Å². The van der Waals surface area contributed by atoms with Crippen molar-refractivity contribution in [1.82, 2.24) is 15.5 Å². The van der Waals surface area contributed by atoms with Crippen LogP contribution >= 0.6 is 0 Å². The summed E-state index contributed by atoms with van der Waals surface area (Å²) < 4.78 is 0. The number of hydrogen-bond donors (Lipinski definition) is 3. The van der Waals surface area contributed by atoms with E-state index in [1.807, 2.05) is 0 Å². The summed E-state index contributed by atoms with van der Waals surface area (Å²) in [7, 11) is 2.20. The lowest BCUT2D eigenvalue weighted by Gasteiger charge is -2.37. The molecule has 2 aliphatic heterocycles. The molecule has 4 heteroatoms. The number of rotatable bonds is 1. The number of nitrogens with one attached hydrogen (secondary N) is 2. The molecule has 0 aromatic heterocycles. The molecule has 0 saturated carbocycles. The van der Waals surface area contributed by atoms with Crippen molar-refractivity contribution in [3.8, 4) is 0 Å². The van der Waals surface area contributed by atoms with Crippen molar-refractivity contribution in [3.63, 3.8) is 0 Å². The van der Waals surface area contributed by atoms with Gasteiger partial charge in [0.25, 0.3) is 0 Å². The lowest BCUT2D eigenvalue weighted by atomic mass is 9.86. The maximum absolute atomic E-state index is 6.15. The Labute approximate surface area is 86.2 Å². The maximum atomic E-state index is 6.15. The van der Waals surface area contributed by atoms with Gasteiger partial charge in [0.1, 0.15) is 0 Å². The molecule has 4 nitrogen and oxygen atoms in total. The summed E-state index contributed by atoms with van der Waals surface area (Å²) in [5.41, 5.74) is 6.15. The minimum absolute atomic E-state index is 0.322. The van der Waals surface area contributed by atoms with Gasteiger partial charge in [-0.25, -0.2) is 0 Å². The molecule has 4 N–H and O–H groups in total. The number of nitrogens with zero attached hydrogens (tertiary/aromatic N) is 1. The van der Waals surface area contributed by atoms with Crippen molar-refractivity contribution in [2.45, 2.75) is 31.6 Å². The Balaban J connectivity index is 1.99. The van der Waals surface area contributed by atoms with Crippen molar-refractivity contribution in [2.24, 2.45) is 11.7 Å². The van der Waals surface area contributed by atoms with Gasteiger partial charge >= 0.3 is 0 Å². The molecule has 2 rings (SSSR count). The average Bonchev–Trinajstić information content (AvgIpc) is 2.49. The first-order valence-electron chi connectivity index (χ1n) is 5.62. The van der Waals surface area contributed by atoms with Crippen molar-refractivity contribution < 1.29 is 0 Å². The van der Waals surface area contributed by atoms with Gasteiger partial charge < -0.3 is 16.4 Å². The van der Waals surface area contributed by atoms with Gasteiger partial charge in [0, 0.05) is 25.2 Å². The summed E-state index contributed by atoms with van der Waals surface area (Å²) in [6.45, 7) is 5.41. The van der Waals surface area contributed by atoms with Crippen LogP contribution in [0, 0.1) is 5.92 Å². The van der Waals surface area contributed by atoms with Crippen LogP contribution in [0.25, 0.3) is 0 Å². The molecule has 4 atom stereocenters. The largest absolute Gasteiger partial charge is 0.326 e. The van der Waals surface area contributed by atoms with Crippen LogP contribution in [0.3, 0.4) is 0 Å². The van der Waals surface area contributed by atoms with Gasteiger partial charge in [0.05, 0.1) is 6.17 Å². The van der Waals surface area contributed by atoms with E-state index in [0.717, 1.165) is 19.6 Å². The quantitative estimate of drug-likeness (QED) is 0.515. The second kappa shape index (κ2) is 4.14. The molecular formula is C10H22N4. The first-order chi connectivity index (χ1) is 6.70. The number of piperidine rings is 1. The van der Waals surface area contributed by atoms with Crippen molar-refractivity contribution in [2.75, 3.05) is 26.7 Å². The molecular weight excluding hydrogens is 176 g/mol. The Hall–Kier alpha value is -0.160. The third kappa shape index (κ3) is 1.80. The molecule has 2 heterocycles. The van der Waals surface area contributed by atoms with Gasteiger partial charge in [-0.05, 0) is 32.9 Å². The molecule has 0 aliphatic carbocycles. The molecule has 0 aromatic rings. The van der Waals surface area contributed by atoms with Crippen LogP contribution in [0.5, 0.6) is 0 Å². The van der Waals surface area contributed by atoms with Crippen LogP contribution in [0.4, 0.5) is 0 Å². The van der Waals surface area contributed by atoms with E-state index in [1.165, 1.54) is 6.42 Å². The van der Waals surface area contributed by atoms with E-state index >= 15 is 0 Å². The summed E-state index contributed by atoms with van der Waals surface area (Å²) in [5, 5.41) is 6.84. The van der Waals surface area contributed by atoms with Gasteiger partial charge in [-0.3, -0.25) is 4.90 Å². The maximum Gasteiger partial charge on any atom is 0.0569 e. The zero-order chi connectivity index (χ0) is 10.1. The summed E-state index contributed by atoms with van der Waals surface area (Å²) in [4.78, 5) is 2.43. The molecule has 0 spiro atoms. The molecule has 0 radical (unpaired) electrons. The van der Waals surface area contributed by atoms with Gasteiger partial charge in [0.2, 0.25) is 0 Å². The third-order valence-corrected chi connectivity index (χ3v) is 3.84. The Kier molecular flexibility index (Phi) is 3.07. The predicted octanol–water partition coefficient (Wildman–Crippen LogP) is -0.827. The summed E-state index contributed by atoms with van der Waals surface area (Å²) in [6.07, 6.45) is 1.71. The Morgan fingerprint density at radius 2 is 2.14 bits per heavy atom. The van der Waals surface area contributed by atoms with Crippen molar-refractivity contribution in [3.05, 3.63) is 0 Å². The lowest BCUT2D eigenvalue weighted by molar-refractivity contribution is 0.153. The first kappa shape index (κ1) is 10.4. The molecule has 2 fully saturated rings. The van der Waals surface area contributed by atoms with Crippen molar-refractivity contribution >= 4 is 0 Å². The van der Waals surface area contributed by atoms with E-state index in [0.29, 0.717) is 24.2 Å². The van der Waals surface area contributed by atoms with Crippen LogP contribution in [0.1, 0.15) is 13.3 Å². The fraction of sp³-hybridized carbons (Fsp3) is 1.00. The normalized spacial score (nSPS) is 45.6. The fourth-order valence-corrected chi connectivity index (χ4v) is 2.70. The van der Waals surface area contributed by atoms with Gasteiger partial charge in [0.15, 0.2) is 0 Å². The van der Waals surface area contributed by atoms with Crippen LogP contribution in [-0.2, 0) is 0 Å². The Morgan fingerprint density at radius 3 is 2.71 bits per heavy atom. The highest BCUT2D eigenvalue weighted by molar-refractivity contribution is 4.94. The molecule has 0 aromatic carbocycles. The zero-order valence-electron chi connectivity index (χ0n) is 9.16. The van der Waals surface area contributed by atoms with E-state index in [1.54, 1.807) is 0 Å². The molecule has 2 saturated heterocycles. The zero-order valence-corrected chi connectivity index (χ0v) is 9.16. The second-order valence-electron chi connectivity index (χ2n) is 4.64. The molecule has 0 amide bonds.